The first-order valence-electron chi connectivity index (χ1n) is 41.0. The Bertz CT molecular complexity index is 4750. The van der Waals surface area contributed by atoms with Crippen LogP contribution in [0.1, 0.15) is 157 Å². The van der Waals surface area contributed by atoms with Gasteiger partial charge in [0.2, 0.25) is 65.2 Å². The fourth-order valence-electron chi connectivity index (χ4n) is 17.4. The normalized spacial score (nSPS) is 26.5. The Morgan fingerprint density at radius 3 is 2.09 bits per heavy atom. The fraction of sp³-hybridized carbons (Fsp3) is 0.489. The van der Waals surface area contributed by atoms with Crippen molar-refractivity contribution in [2.24, 2.45) is 46.8 Å². The maximum atomic E-state index is 15.3. The van der Waals surface area contributed by atoms with Crippen LogP contribution in [-0.2, 0) is 76.6 Å². The Labute approximate surface area is 705 Å². The summed E-state index contributed by atoms with van der Waals surface area (Å²) in [5, 5.41) is 76.1. The second-order valence-corrected chi connectivity index (χ2v) is 33.7. The smallest absolute Gasteiger partial charge is 0.247 e. The van der Waals surface area contributed by atoms with Gasteiger partial charge in [-0.3, -0.25) is 48.5 Å². The van der Waals surface area contributed by atoms with E-state index in [0.717, 1.165) is 32.1 Å². The number of phenolic OH excluding ortho intramolecular Hbond substituents is 2. The molecule has 13 atom stereocenters. The van der Waals surface area contributed by atoms with Crippen molar-refractivity contribution in [3.05, 3.63) is 148 Å². The van der Waals surface area contributed by atoms with Crippen LogP contribution in [-0.4, -0.2) is 179 Å². The number of aromatic hydroxyl groups is 2. The quantitative estimate of drug-likeness (QED) is 0.0214. The summed E-state index contributed by atoms with van der Waals surface area (Å²) in [6, 6.07) is 19.9. The molecule has 0 aromatic heterocycles. The van der Waals surface area contributed by atoms with Crippen molar-refractivity contribution in [3.8, 4) is 62.9 Å². The van der Waals surface area contributed by atoms with E-state index in [2.05, 4.69) is 37.2 Å². The fourth-order valence-corrected chi connectivity index (χ4v) is 17.6. The monoisotopic (exact) mass is 1690 g/mol. The van der Waals surface area contributed by atoms with Crippen LogP contribution in [0.4, 0.5) is 0 Å². The number of aryl methyl sites for hydroxylation is 1. The predicted octanol–water partition coefficient (Wildman–Crippen LogP) is 6.25. The number of hydrogen-bond acceptors (Lipinski definition) is 24. The number of phenols is 2. The molecule has 8 bridgehead atoms. The number of nitrogens with two attached hydrogens (primary N) is 3. The minimum atomic E-state index is -1.95. The molecule has 650 valence electrons. The summed E-state index contributed by atoms with van der Waals surface area (Å²) in [6.45, 7) is 9.02. The minimum absolute atomic E-state index is 0.0138. The summed E-state index contributed by atoms with van der Waals surface area (Å²) in [5.74, 6) is -7.94. The Kier molecular flexibility index (Phi) is 29.2. The third kappa shape index (κ3) is 22.4. The van der Waals surface area contributed by atoms with Crippen LogP contribution in [0, 0.1) is 29.6 Å². The lowest BCUT2D eigenvalue weighted by molar-refractivity contribution is -0.316. The molecule has 4 aliphatic carbocycles. The van der Waals surface area contributed by atoms with Crippen molar-refractivity contribution >= 4 is 64.8 Å². The molecule has 18 N–H and O–H groups in total. The number of nitrogens with one attached hydrogen (secondary N) is 7. The molecule has 4 aliphatic heterocycles. The van der Waals surface area contributed by atoms with Gasteiger partial charge in [-0.1, -0.05) is 68.8 Å². The van der Waals surface area contributed by atoms with E-state index < -0.39 is 145 Å². The number of primary amides is 2. The van der Waals surface area contributed by atoms with Crippen LogP contribution in [0.2, 0.25) is 5.02 Å². The van der Waals surface area contributed by atoms with E-state index in [1.807, 2.05) is 13.8 Å². The Morgan fingerprint density at radius 2 is 1.44 bits per heavy atom. The molecular weight excluding hydrogens is 1580 g/mol. The number of amides is 9. The Balaban J connectivity index is 0.903. The van der Waals surface area contributed by atoms with Gasteiger partial charge in [0.15, 0.2) is 17.8 Å². The van der Waals surface area contributed by atoms with Gasteiger partial charge in [-0.05, 0) is 196 Å². The van der Waals surface area contributed by atoms with Crippen molar-refractivity contribution in [1.82, 2.24) is 37.2 Å². The van der Waals surface area contributed by atoms with Crippen molar-refractivity contribution in [2.45, 2.75) is 209 Å². The highest BCUT2D eigenvalue weighted by Crippen LogP contribution is 2.55. The topological polar surface area (TPSA) is 491 Å². The predicted molar refractivity (Wildman–Crippen MR) is 441 cm³/mol. The summed E-state index contributed by atoms with van der Waals surface area (Å²) in [7, 11) is 3.12. The Hall–Kier alpha value is -10.7. The molecule has 13 unspecified atom stereocenters. The van der Waals surface area contributed by atoms with Crippen molar-refractivity contribution in [3.63, 3.8) is 0 Å². The molecular formula is C88H109ClN10O22. The Morgan fingerprint density at radius 1 is 0.736 bits per heavy atom. The number of fused-ring (bicyclic) bond motifs is 9. The summed E-state index contributed by atoms with van der Waals surface area (Å²) < 4.78 is 50.9. The van der Waals surface area contributed by atoms with E-state index in [0.29, 0.717) is 59.4 Å². The first-order chi connectivity index (χ1) is 57.7. The molecule has 4 heterocycles. The molecule has 8 aliphatic rings. The molecule has 6 aromatic rings. The van der Waals surface area contributed by atoms with Crippen LogP contribution < -0.4 is 78.1 Å². The van der Waals surface area contributed by atoms with Crippen LogP contribution >= 0.6 is 11.6 Å². The number of likely N-dealkylation sites (N-methyl/N-ethyl adjacent to an activating group) is 1. The molecule has 2 saturated heterocycles. The molecule has 121 heavy (non-hydrogen) atoms. The van der Waals surface area contributed by atoms with Gasteiger partial charge in [-0.25, -0.2) is 0 Å². The number of carbonyl (C=O) groups is 9. The minimum Gasteiger partial charge on any atom is -0.508 e. The van der Waals surface area contributed by atoms with E-state index in [1.54, 1.807) is 70.3 Å². The van der Waals surface area contributed by atoms with E-state index in [9.17, 15) is 59.1 Å². The SMILES string of the molecule is CNCCOc1ccc(CC(=O)NC(=O)CC2NC(=O)C(NC(=O)CCC(C)C)C(C)c3ccc(cc3)Oc3cc(cc(Oc4ccc(CCC(=O)NC(C(=O)NC5C6CC7CC(C6)CC5C7)c5cc(O)cc(OC)c5-c5cc(CC(N)=O)ccc5O)cc4Cl)c3OC3OC(CO)CC(O)C3OC3CC(C)(N)C(O)C(C)O3)C(C(N)=O)NC2=O)cc1. The number of benzene rings is 6. The van der Waals surface area contributed by atoms with Crippen molar-refractivity contribution in [1.29, 1.82) is 0 Å². The van der Waals surface area contributed by atoms with Gasteiger partial charge in [0, 0.05) is 66.9 Å². The lowest BCUT2D eigenvalue weighted by Gasteiger charge is -2.54. The summed E-state index contributed by atoms with van der Waals surface area (Å²) in [4.78, 5) is 128. The highest BCUT2D eigenvalue weighted by Gasteiger charge is 2.51. The van der Waals surface area contributed by atoms with E-state index in [-0.39, 0.29) is 142 Å². The van der Waals surface area contributed by atoms with E-state index in [4.69, 9.17) is 66.7 Å². The molecule has 6 fully saturated rings. The van der Waals surface area contributed by atoms with Gasteiger partial charge < -0.3 is 113 Å². The zero-order chi connectivity index (χ0) is 86.8. The number of methoxy groups -OCH3 is 1. The van der Waals surface area contributed by atoms with E-state index >= 15 is 9.59 Å². The number of hydrogen-bond donors (Lipinski definition) is 15. The summed E-state index contributed by atoms with van der Waals surface area (Å²) in [6.07, 6.45) is -5.60. The number of aliphatic hydroxyl groups is 3. The highest BCUT2D eigenvalue weighted by atomic mass is 35.5. The lowest BCUT2D eigenvalue weighted by atomic mass is 9.54. The number of rotatable bonds is 31. The molecule has 33 heteroatoms. The van der Waals surface area contributed by atoms with Gasteiger partial charge in [0.25, 0.3) is 0 Å². The third-order valence-electron chi connectivity index (χ3n) is 23.5. The van der Waals surface area contributed by atoms with Crippen LogP contribution in [0.5, 0.6) is 51.7 Å². The molecule has 9 amide bonds. The molecule has 6 aromatic carbocycles. The molecule has 4 saturated carbocycles. The van der Waals surface area contributed by atoms with Crippen LogP contribution in [0.15, 0.2) is 109 Å². The average molecular weight is 1690 g/mol. The van der Waals surface area contributed by atoms with Gasteiger partial charge in [0.05, 0.1) is 62.4 Å². The summed E-state index contributed by atoms with van der Waals surface area (Å²) >= 11 is 7.27. The second-order valence-electron chi connectivity index (χ2n) is 33.3. The number of aliphatic hydroxyl groups excluding tert-OH is 3. The highest BCUT2D eigenvalue weighted by molar-refractivity contribution is 6.32. The van der Waals surface area contributed by atoms with Gasteiger partial charge >= 0.3 is 0 Å². The number of halogens is 1. The molecule has 14 rings (SSSR count). The standard InChI is InChI=1S/C88H109ClN10O22/c1-43(2)8-22-70(105)96-76-44(3)51-14-18-57(19-15-51)117-67-35-54(78(83(91)110)99-84(111)62(94-85(76)112)40-73(108)95-72(107)34-47-9-16-56(17-10-47)115-25-24-93-6)36-68(81(67)121-87-80(64(103)39-58(42-100)118-87)120-74-41-88(5,92)82(109)45(4)116-74)119-65-21-12-46(32-61(65)89)13-23-71(106)97-79(86(113)98-77-52-27-49-26-50(29-52)30-53(77)28-49)60-37-55(101)38-66(114-7)75(60)59-31-48(33-69(90)104)11-20-63(59)102/h9-12,14-21,31-32,35-38,43-45,49-50,52-53,58,62,64,74,76-80,82,87,93,100-103,109H,8,13,22-30,33-34,39-42,92H2,1-7H3,(H2,90,104)(H2,91,110)(H,94,112)(H,96,105)(H,97,106)(H,98,113)(H,99,111)(H,95,107,108). The van der Waals surface area contributed by atoms with Crippen LogP contribution in [0.25, 0.3) is 11.1 Å². The van der Waals surface area contributed by atoms with Crippen molar-refractivity contribution < 1.29 is 107 Å². The zero-order valence-electron chi connectivity index (χ0n) is 68.6. The van der Waals surface area contributed by atoms with Gasteiger partial charge in [-0.2, -0.15) is 0 Å². The number of ether oxygens (including phenoxy) is 8. The maximum Gasteiger partial charge on any atom is 0.247 e. The van der Waals surface area contributed by atoms with E-state index in [1.165, 1.54) is 73.8 Å². The van der Waals surface area contributed by atoms with Crippen LogP contribution in [0.3, 0.4) is 0 Å². The van der Waals surface area contributed by atoms with Gasteiger partial charge in [-0.15, -0.1) is 0 Å². The maximum absolute atomic E-state index is 15.3. The molecule has 0 spiro atoms. The molecule has 0 radical (unpaired) electrons. The van der Waals surface area contributed by atoms with Gasteiger partial charge in [0.1, 0.15) is 71.4 Å². The molecule has 32 nitrogen and oxygen atoms in total. The van der Waals surface area contributed by atoms with Crippen molar-refractivity contribution in [2.75, 3.05) is 33.9 Å². The average Bonchev–Trinajstić information content (AvgIpc) is 0.740. The third-order valence-corrected chi connectivity index (χ3v) is 23.8. The second kappa shape index (κ2) is 39.4. The summed E-state index contributed by atoms with van der Waals surface area (Å²) in [5.41, 5.74) is 19.2. The first-order valence-corrected chi connectivity index (χ1v) is 41.4. The lowest BCUT2D eigenvalue weighted by Crippen LogP contribution is -2.62. The zero-order valence-corrected chi connectivity index (χ0v) is 69.3. The largest absolute Gasteiger partial charge is 0.508 e. The number of imide groups is 1. The number of carbonyl (C=O) groups excluding carboxylic acids is 9. The first kappa shape index (κ1) is 89.6.